The third-order valence-electron chi connectivity index (χ3n) is 3.02. The summed E-state index contributed by atoms with van der Waals surface area (Å²) in [6.07, 6.45) is 2.18. The van der Waals surface area contributed by atoms with Crippen molar-refractivity contribution in [3.63, 3.8) is 0 Å². The molecule has 5 nitrogen and oxygen atoms in total. The zero-order chi connectivity index (χ0) is 15.2. The van der Waals surface area contributed by atoms with Crippen LogP contribution in [0, 0.1) is 0 Å². The Hall–Kier alpha value is -0.760. The Kier molecular flexibility index (Phi) is 6.81. The molecule has 0 aliphatic heterocycles. The fourth-order valence-electron chi connectivity index (χ4n) is 1.64. The topological polar surface area (TPSA) is 75.3 Å². The number of hydrogen-bond acceptors (Lipinski definition) is 4. The van der Waals surface area contributed by atoms with Gasteiger partial charge in [0, 0.05) is 35.4 Å². The van der Waals surface area contributed by atoms with Crippen LogP contribution in [0.2, 0.25) is 0 Å². The molecule has 0 aliphatic carbocycles. The average molecular weight is 318 g/mol. The van der Waals surface area contributed by atoms with Gasteiger partial charge in [0.15, 0.2) is 0 Å². The second-order valence-corrected chi connectivity index (χ2v) is 8.24. The molecule has 0 fully saturated rings. The van der Waals surface area contributed by atoms with E-state index in [1.54, 1.807) is 30.5 Å². The highest BCUT2D eigenvalue weighted by molar-refractivity contribution is 7.89. The van der Waals surface area contributed by atoms with E-state index < -0.39 is 20.8 Å². The smallest absolute Gasteiger partial charge is 0.240 e. The highest BCUT2D eigenvalue weighted by Crippen LogP contribution is 2.10. The molecule has 2 atom stereocenters. The molecule has 1 aromatic carbocycles. The first-order valence-corrected chi connectivity index (χ1v) is 9.52. The molecular weight excluding hydrogens is 296 g/mol. The molecule has 20 heavy (non-hydrogen) atoms. The highest BCUT2D eigenvalue weighted by atomic mass is 32.2. The summed E-state index contributed by atoms with van der Waals surface area (Å²) in [5.41, 5.74) is 1.03. The second kappa shape index (κ2) is 7.87. The Labute approximate surface area is 123 Å². The van der Waals surface area contributed by atoms with E-state index in [9.17, 15) is 12.6 Å². The number of sulfonamides is 1. The molecule has 114 valence electrons. The minimum atomic E-state index is -3.48. The van der Waals surface area contributed by atoms with Crippen molar-refractivity contribution >= 4 is 20.8 Å². The molecule has 7 heteroatoms. The van der Waals surface area contributed by atoms with Gasteiger partial charge in [-0.05, 0) is 31.2 Å². The van der Waals surface area contributed by atoms with E-state index in [1.165, 1.54) is 0 Å². The molecule has 0 saturated carbocycles. The maximum absolute atomic E-state index is 12.1. The Morgan fingerprint density at radius 1 is 1.25 bits per heavy atom. The monoisotopic (exact) mass is 318 g/mol. The molecule has 0 radical (unpaired) electrons. The maximum Gasteiger partial charge on any atom is 0.240 e. The van der Waals surface area contributed by atoms with Crippen LogP contribution in [0.1, 0.15) is 18.9 Å². The highest BCUT2D eigenvalue weighted by Gasteiger charge is 2.14. The van der Waals surface area contributed by atoms with E-state index >= 15 is 0 Å². The van der Waals surface area contributed by atoms with E-state index in [2.05, 4.69) is 10.0 Å². The summed E-state index contributed by atoms with van der Waals surface area (Å²) in [7, 11) is -2.57. The minimum absolute atomic E-state index is 0.0179. The van der Waals surface area contributed by atoms with E-state index in [-0.39, 0.29) is 10.1 Å². The lowest BCUT2D eigenvalue weighted by Gasteiger charge is -2.10. The van der Waals surface area contributed by atoms with Crippen molar-refractivity contribution in [3.05, 3.63) is 29.8 Å². The number of nitrogens with one attached hydrogen (secondary N) is 2. The molecule has 0 saturated heterocycles. The van der Waals surface area contributed by atoms with Crippen LogP contribution < -0.4 is 10.0 Å². The fourth-order valence-corrected chi connectivity index (χ4v) is 3.13. The normalized spacial score (nSPS) is 14.9. The molecule has 2 unspecified atom stereocenters. The van der Waals surface area contributed by atoms with Gasteiger partial charge in [-0.15, -0.1) is 0 Å². The molecule has 0 spiro atoms. The summed E-state index contributed by atoms with van der Waals surface area (Å²) < 4.78 is 37.8. The average Bonchev–Trinajstić information content (AvgIpc) is 2.39. The van der Waals surface area contributed by atoms with Crippen LogP contribution in [0.15, 0.2) is 29.2 Å². The van der Waals surface area contributed by atoms with Crippen molar-refractivity contribution in [2.45, 2.75) is 30.0 Å². The number of benzene rings is 1. The SMILES string of the molecule is CNCc1ccc(S(=O)(=O)NCCC(C)S(C)=O)cc1. The molecule has 0 bridgehead atoms. The van der Waals surface area contributed by atoms with Gasteiger partial charge in [-0.2, -0.15) is 0 Å². The van der Waals surface area contributed by atoms with E-state index in [1.807, 2.05) is 14.0 Å². The number of rotatable bonds is 8. The van der Waals surface area contributed by atoms with Crippen LogP contribution in [0.3, 0.4) is 0 Å². The van der Waals surface area contributed by atoms with Crippen molar-refractivity contribution in [3.8, 4) is 0 Å². The molecule has 1 aromatic rings. The van der Waals surface area contributed by atoms with E-state index in [4.69, 9.17) is 0 Å². The first-order chi connectivity index (χ1) is 9.36. The van der Waals surface area contributed by atoms with Gasteiger partial charge in [0.2, 0.25) is 10.0 Å². The van der Waals surface area contributed by atoms with Crippen LogP contribution in [0.5, 0.6) is 0 Å². The summed E-state index contributed by atoms with van der Waals surface area (Å²) >= 11 is 0. The molecule has 1 rings (SSSR count). The van der Waals surface area contributed by atoms with Crippen molar-refractivity contribution in [2.75, 3.05) is 19.8 Å². The summed E-state index contributed by atoms with van der Waals surface area (Å²) in [6, 6.07) is 6.76. The van der Waals surface area contributed by atoms with Crippen LogP contribution in [0.25, 0.3) is 0 Å². The molecule has 0 aromatic heterocycles. The minimum Gasteiger partial charge on any atom is -0.316 e. The van der Waals surface area contributed by atoms with Crippen molar-refractivity contribution in [1.29, 1.82) is 0 Å². The maximum atomic E-state index is 12.1. The van der Waals surface area contributed by atoms with Crippen LogP contribution >= 0.6 is 0 Å². The van der Waals surface area contributed by atoms with Crippen LogP contribution in [-0.4, -0.2) is 37.7 Å². The molecule has 0 aliphatic rings. The lowest BCUT2D eigenvalue weighted by molar-refractivity contribution is 0.578. The predicted octanol–water partition coefficient (Wildman–Crippen LogP) is 0.841. The first-order valence-electron chi connectivity index (χ1n) is 6.42. The third-order valence-corrected chi connectivity index (χ3v) is 5.87. The fraction of sp³-hybridized carbons (Fsp3) is 0.538. The largest absolute Gasteiger partial charge is 0.316 e. The summed E-state index contributed by atoms with van der Waals surface area (Å²) in [5.74, 6) is 0. The summed E-state index contributed by atoms with van der Waals surface area (Å²) in [4.78, 5) is 0.252. The quantitative estimate of drug-likeness (QED) is 0.745. The standard InChI is InChI=1S/C13H22N2O3S2/c1-11(19(3)16)8-9-15-20(17,18)13-6-4-12(5-7-13)10-14-2/h4-7,11,14-15H,8-10H2,1-3H3. The van der Waals surface area contributed by atoms with E-state index in [0.29, 0.717) is 19.5 Å². The van der Waals surface area contributed by atoms with Crippen molar-refractivity contribution in [2.24, 2.45) is 0 Å². The molecule has 2 N–H and O–H groups in total. The third kappa shape index (κ3) is 5.32. The van der Waals surface area contributed by atoms with E-state index in [0.717, 1.165) is 5.56 Å². The van der Waals surface area contributed by atoms with Gasteiger partial charge >= 0.3 is 0 Å². The van der Waals surface area contributed by atoms with Gasteiger partial charge in [-0.3, -0.25) is 4.21 Å². The zero-order valence-corrected chi connectivity index (χ0v) is 13.7. The molecular formula is C13H22N2O3S2. The van der Waals surface area contributed by atoms with Gasteiger partial charge in [0.05, 0.1) is 4.90 Å². The lowest BCUT2D eigenvalue weighted by atomic mass is 10.2. The van der Waals surface area contributed by atoms with Gasteiger partial charge in [-0.25, -0.2) is 13.1 Å². The Morgan fingerprint density at radius 3 is 2.35 bits per heavy atom. The summed E-state index contributed by atoms with van der Waals surface area (Å²) in [6.45, 7) is 2.84. The van der Waals surface area contributed by atoms with Gasteiger partial charge in [0.25, 0.3) is 0 Å². The van der Waals surface area contributed by atoms with Gasteiger partial charge < -0.3 is 5.32 Å². The Balaban J connectivity index is 2.62. The zero-order valence-electron chi connectivity index (χ0n) is 12.0. The van der Waals surface area contributed by atoms with Crippen molar-refractivity contribution < 1.29 is 12.6 Å². The van der Waals surface area contributed by atoms with Crippen LogP contribution in [0.4, 0.5) is 0 Å². The Bertz CT molecular complexity index is 541. The number of hydrogen-bond donors (Lipinski definition) is 2. The van der Waals surface area contributed by atoms with Crippen molar-refractivity contribution in [1.82, 2.24) is 10.0 Å². The molecule has 0 amide bonds. The molecule has 0 heterocycles. The Morgan fingerprint density at radius 2 is 1.85 bits per heavy atom. The van der Waals surface area contributed by atoms with Gasteiger partial charge in [0.1, 0.15) is 0 Å². The lowest BCUT2D eigenvalue weighted by Crippen LogP contribution is -2.27. The predicted molar refractivity (Wildman–Crippen MR) is 82.5 cm³/mol. The summed E-state index contributed by atoms with van der Waals surface area (Å²) in [5, 5.41) is 2.99. The first kappa shape index (κ1) is 17.3. The van der Waals surface area contributed by atoms with Gasteiger partial charge in [-0.1, -0.05) is 19.1 Å². The second-order valence-electron chi connectivity index (χ2n) is 4.67. The van der Waals surface area contributed by atoms with Crippen LogP contribution in [-0.2, 0) is 27.4 Å².